The quantitative estimate of drug-likeness (QED) is 0.634. The molecule has 0 heterocycles. The third-order valence-corrected chi connectivity index (χ3v) is 4.41. The molecule has 0 bridgehead atoms. The molecule has 2 aromatic rings. The monoisotopic (exact) mass is 468 g/mol. The van der Waals surface area contributed by atoms with Crippen molar-refractivity contribution < 1.29 is 14.3 Å². The largest absolute Gasteiger partial charge is 0.482 e. The first-order chi connectivity index (χ1) is 12.0. The fourth-order valence-corrected chi connectivity index (χ4v) is 3.70. The first-order valence-electron chi connectivity index (χ1n) is 7.66. The van der Waals surface area contributed by atoms with Crippen LogP contribution in [0.1, 0.15) is 17.5 Å². The Kier molecular flexibility index (Phi) is 7.46. The van der Waals surface area contributed by atoms with Crippen LogP contribution in [0, 0.1) is 6.92 Å². The summed E-state index contributed by atoms with van der Waals surface area (Å²) in [6, 6.07) is 13.4. The van der Waals surface area contributed by atoms with Crippen molar-refractivity contribution in [2.75, 3.05) is 6.61 Å². The number of halogens is 2. The minimum atomic E-state index is -0.428. The van der Waals surface area contributed by atoms with Gasteiger partial charge in [-0.15, -0.1) is 0 Å². The highest BCUT2D eigenvalue weighted by Gasteiger charge is 2.10. The van der Waals surface area contributed by atoms with E-state index in [4.69, 9.17) is 4.74 Å². The van der Waals surface area contributed by atoms with Crippen LogP contribution in [-0.2, 0) is 16.0 Å². The van der Waals surface area contributed by atoms with Crippen molar-refractivity contribution in [2.24, 2.45) is 0 Å². The van der Waals surface area contributed by atoms with Crippen LogP contribution in [0.15, 0.2) is 51.4 Å². The van der Waals surface area contributed by atoms with Crippen LogP contribution in [0.25, 0.3) is 0 Å². The molecule has 0 aromatic heterocycles. The Bertz CT molecular complexity index is 728. The van der Waals surface area contributed by atoms with Crippen molar-refractivity contribution in [1.82, 2.24) is 10.9 Å². The molecule has 0 aliphatic rings. The minimum absolute atomic E-state index is 0.194. The van der Waals surface area contributed by atoms with Gasteiger partial charge in [0.05, 0.1) is 4.47 Å². The van der Waals surface area contributed by atoms with Gasteiger partial charge in [0, 0.05) is 10.9 Å². The van der Waals surface area contributed by atoms with E-state index in [0.717, 1.165) is 20.1 Å². The second-order valence-corrected chi connectivity index (χ2v) is 7.17. The molecule has 7 heteroatoms. The predicted molar refractivity (Wildman–Crippen MR) is 103 cm³/mol. The number of carbonyl (C=O) groups excluding carboxylic acids is 2. The van der Waals surface area contributed by atoms with Gasteiger partial charge in [0.15, 0.2) is 6.61 Å². The average molecular weight is 470 g/mol. The Hall–Kier alpha value is -1.86. The van der Waals surface area contributed by atoms with Crippen molar-refractivity contribution >= 4 is 43.7 Å². The van der Waals surface area contributed by atoms with Crippen molar-refractivity contribution in [3.05, 3.63) is 62.5 Å². The van der Waals surface area contributed by atoms with E-state index in [1.807, 2.05) is 49.4 Å². The van der Waals surface area contributed by atoms with E-state index in [1.54, 1.807) is 0 Å². The van der Waals surface area contributed by atoms with E-state index in [2.05, 4.69) is 42.7 Å². The Labute approximate surface area is 163 Å². The standard InChI is InChI=1S/C18H18Br2N2O3/c1-12-9-14(19)10-15(20)18(12)25-11-17(24)22-21-16(23)8-7-13-5-3-2-4-6-13/h2-6,9-10H,7-8,11H2,1H3,(H,21,23)(H,22,24). The molecule has 5 nitrogen and oxygen atoms in total. The van der Waals surface area contributed by atoms with E-state index in [9.17, 15) is 9.59 Å². The van der Waals surface area contributed by atoms with Crippen LogP contribution in [0.2, 0.25) is 0 Å². The van der Waals surface area contributed by atoms with Crippen molar-refractivity contribution in [3.63, 3.8) is 0 Å². The predicted octanol–water partition coefficient (Wildman–Crippen LogP) is 3.68. The molecule has 0 saturated carbocycles. The normalized spacial score (nSPS) is 10.2. The molecule has 0 atom stereocenters. The molecule has 2 amide bonds. The number of nitrogens with one attached hydrogen (secondary N) is 2. The lowest BCUT2D eigenvalue weighted by molar-refractivity contribution is -0.130. The maximum absolute atomic E-state index is 11.8. The molecule has 0 aliphatic heterocycles. The number of hydrazine groups is 1. The summed E-state index contributed by atoms with van der Waals surface area (Å²) < 4.78 is 7.18. The van der Waals surface area contributed by atoms with Crippen LogP contribution < -0.4 is 15.6 Å². The number of rotatable bonds is 6. The SMILES string of the molecule is Cc1cc(Br)cc(Br)c1OCC(=O)NNC(=O)CCc1ccccc1. The zero-order chi connectivity index (χ0) is 18.2. The molecule has 0 unspecified atom stereocenters. The fourth-order valence-electron chi connectivity index (χ4n) is 2.15. The van der Waals surface area contributed by atoms with Crippen LogP contribution in [-0.4, -0.2) is 18.4 Å². The smallest absolute Gasteiger partial charge is 0.276 e. The van der Waals surface area contributed by atoms with E-state index in [0.29, 0.717) is 18.6 Å². The van der Waals surface area contributed by atoms with Crippen molar-refractivity contribution in [2.45, 2.75) is 19.8 Å². The summed E-state index contributed by atoms with van der Waals surface area (Å²) in [6.07, 6.45) is 0.909. The number of benzene rings is 2. The van der Waals surface area contributed by atoms with Gasteiger partial charge in [0.1, 0.15) is 5.75 Å². The van der Waals surface area contributed by atoms with Gasteiger partial charge >= 0.3 is 0 Å². The van der Waals surface area contributed by atoms with Crippen molar-refractivity contribution in [1.29, 1.82) is 0 Å². The number of carbonyl (C=O) groups is 2. The molecule has 132 valence electrons. The molecule has 2 aromatic carbocycles. The van der Waals surface area contributed by atoms with Gasteiger partial charge in [-0.1, -0.05) is 46.3 Å². The molecule has 0 aliphatic carbocycles. The van der Waals surface area contributed by atoms with E-state index < -0.39 is 5.91 Å². The summed E-state index contributed by atoms with van der Waals surface area (Å²) in [7, 11) is 0. The molecule has 0 radical (unpaired) electrons. The number of amides is 2. The van der Waals surface area contributed by atoms with Gasteiger partial charge in [-0.3, -0.25) is 20.4 Å². The zero-order valence-corrected chi connectivity index (χ0v) is 16.8. The summed E-state index contributed by atoms with van der Waals surface area (Å²) in [5.74, 6) is -0.0887. The maximum Gasteiger partial charge on any atom is 0.276 e. The molecule has 0 fully saturated rings. The maximum atomic E-state index is 11.8. The molecular formula is C18H18Br2N2O3. The van der Waals surface area contributed by atoms with Crippen LogP contribution in [0.3, 0.4) is 0 Å². The second-order valence-electron chi connectivity index (χ2n) is 5.40. The Morgan fingerprint density at radius 3 is 2.40 bits per heavy atom. The van der Waals surface area contributed by atoms with Crippen LogP contribution in [0.4, 0.5) is 0 Å². The van der Waals surface area contributed by atoms with Gasteiger partial charge in [0.25, 0.3) is 5.91 Å². The van der Waals surface area contributed by atoms with Crippen molar-refractivity contribution in [3.8, 4) is 5.75 Å². The van der Waals surface area contributed by atoms with Crippen LogP contribution >= 0.6 is 31.9 Å². The van der Waals surface area contributed by atoms with Gasteiger partial charge in [-0.25, -0.2) is 0 Å². The molecule has 0 saturated heterocycles. The summed E-state index contributed by atoms with van der Waals surface area (Å²) in [6.45, 7) is 1.69. The summed E-state index contributed by atoms with van der Waals surface area (Å²) >= 11 is 6.78. The number of hydrogen-bond acceptors (Lipinski definition) is 3. The topological polar surface area (TPSA) is 67.4 Å². The Balaban J connectivity index is 1.73. The lowest BCUT2D eigenvalue weighted by atomic mass is 10.1. The lowest BCUT2D eigenvalue weighted by Crippen LogP contribution is -2.43. The summed E-state index contributed by atoms with van der Waals surface area (Å²) in [5.41, 5.74) is 6.70. The highest BCUT2D eigenvalue weighted by molar-refractivity contribution is 9.11. The fraction of sp³-hybridized carbons (Fsp3) is 0.222. The molecule has 2 N–H and O–H groups in total. The van der Waals surface area contributed by atoms with Gasteiger partial charge < -0.3 is 4.74 Å². The van der Waals surface area contributed by atoms with Crippen LogP contribution in [0.5, 0.6) is 5.75 Å². The summed E-state index contributed by atoms with van der Waals surface area (Å²) in [5, 5.41) is 0. The van der Waals surface area contributed by atoms with Gasteiger partial charge in [-0.05, 0) is 52.5 Å². The summed E-state index contributed by atoms with van der Waals surface area (Å²) in [4.78, 5) is 23.6. The lowest BCUT2D eigenvalue weighted by Gasteiger charge is -2.12. The van der Waals surface area contributed by atoms with Gasteiger partial charge in [-0.2, -0.15) is 0 Å². The first-order valence-corrected chi connectivity index (χ1v) is 9.24. The number of hydrogen-bond donors (Lipinski definition) is 2. The minimum Gasteiger partial charge on any atom is -0.482 e. The Morgan fingerprint density at radius 1 is 1.04 bits per heavy atom. The highest BCUT2D eigenvalue weighted by atomic mass is 79.9. The third kappa shape index (κ3) is 6.51. The zero-order valence-electron chi connectivity index (χ0n) is 13.6. The molecule has 2 rings (SSSR count). The third-order valence-electron chi connectivity index (χ3n) is 3.37. The highest BCUT2D eigenvalue weighted by Crippen LogP contribution is 2.32. The van der Waals surface area contributed by atoms with E-state index in [-0.39, 0.29) is 12.5 Å². The number of ether oxygens (including phenoxy) is 1. The van der Waals surface area contributed by atoms with Gasteiger partial charge in [0.2, 0.25) is 5.91 Å². The molecular weight excluding hydrogens is 452 g/mol. The van der Waals surface area contributed by atoms with E-state index >= 15 is 0 Å². The second kappa shape index (κ2) is 9.58. The Morgan fingerprint density at radius 2 is 1.72 bits per heavy atom. The molecule has 0 spiro atoms. The first kappa shape index (κ1) is 19.5. The number of aryl methyl sites for hydroxylation is 2. The molecule has 25 heavy (non-hydrogen) atoms. The van der Waals surface area contributed by atoms with E-state index in [1.165, 1.54) is 0 Å². The average Bonchev–Trinajstić information content (AvgIpc) is 2.58.